The number of ketones is 1. The van der Waals surface area contributed by atoms with Crippen LogP contribution in [0.25, 0.3) is 0 Å². The standard InChI is InChI=1S/C16H23NO/c1-13-6-8-15(9-7-13)16(18)14(2)12-17-10-4-3-5-11-17/h6-9,14H,3-5,10-12H2,1-2H3/i1D3,6D,7D,8D,9D,12D2. The summed E-state index contributed by atoms with van der Waals surface area (Å²) in [5.41, 5.74) is -1.30. The molecule has 2 heteroatoms. The van der Waals surface area contributed by atoms with Crippen LogP contribution in [0, 0.1) is 12.8 Å². The molecule has 1 heterocycles. The number of benzene rings is 1. The molecule has 98 valence electrons. The smallest absolute Gasteiger partial charge is 0.166 e. The zero-order valence-electron chi connectivity index (χ0n) is 19.5. The number of hydrogen-bond acceptors (Lipinski definition) is 2. The Morgan fingerprint density at radius 2 is 2.06 bits per heavy atom. The van der Waals surface area contributed by atoms with E-state index < -0.39 is 60.3 Å². The third-order valence-electron chi connectivity index (χ3n) is 3.00. The molecule has 0 amide bonds. The first-order chi connectivity index (χ1) is 12.3. The van der Waals surface area contributed by atoms with E-state index >= 15 is 0 Å². The van der Waals surface area contributed by atoms with E-state index in [1.807, 2.05) is 0 Å². The molecule has 0 radical (unpaired) electrons. The molecule has 0 aromatic heterocycles. The molecule has 1 aliphatic heterocycles. The largest absolute Gasteiger partial charge is 0.303 e. The average Bonchev–Trinajstić information content (AvgIpc) is 2.59. The molecular weight excluding hydrogens is 222 g/mol. The summed E-state index contributed by atoms with van der Waals surface area (Å²) in [6.45, 7) is -2.51. The predicted octanol–water partition coefficient (Wildman–Crippen LogP) is 3.30. The summed E-state index contributed by atoms with van der Waals surface area (Å²) >= 11 is 0. The molecule has 2 nitrogen and oxygen atoms in total. The molecule has 1 fully saturated rings. The molecule has 1 saturated heterocycles. The Labute approximate surface area is 123 Å². The first-order valence-electron chi connectivity index (χ1n) is 10.7. The van der Waals surface area contributed by atoms with Crippen molar-refractivity contribution >= 4 is 5.78 Å². The molecule has 18 heavy (non-hydrogen) atoms. The zero-order chi connectivity index (χ0) is 20.7. The van der Waals surface area contributed by atoms with Gasteiger partial charge in [-0.15, -0.1) is 0 Å². The Morgan fingerprint density at radius 1 is 1.39 bits per heavy atom. The minimum atomic E-state index is -2.85. The highest BCUT2D eigenvalue weighted by molar-refractivity contribution is 5.97. The topological polar surface area (TPSA) is 20.3 Å². The second-order valence-corrected chi connectivity index (χ2v) is 4.51. The summed E-state index contributed by atoms with van der Waals surface area (Å²) in [4.78, 5) is 14.5. The van der Waals surface area contributed by atoms with Crippen LogP contribution in [0.1, 0.15) is 54.4 Å². The van der Waals surface area contributed by atoms with Gasteiger partial charge in [0.25, 0.3) is 0 Å². The molecule has 0 N–H and O–H groups in total. The number of carbonyl (C=O) groups is 1. The van der Waals surface area contributed by atoms with Crippen LogP contribution in [0.4, 0.5) is 0 Å². The Bertz CT molecular complexity index is 709. The Kier molecular flexibility index (Phi) is 2.00. The van der Waals surface area contributed by atoms with E-state index in [9.17, 15) is 4.79 Å². The Morgan fingerprint density at radius 3 is 2.67 bits per heavy atom. The van der Waals surface area contributed by atoms with E-state index in [-0.39, 0.29) is 0 Å². The van der Waals surface area contributed by atoms with Gasteiger partial charge in [0.1, 0.15) is 0 Å². The third-order valence-corrected chi connectivity index (χ3v) is 3.00. The van der Waals surface area contributed by atoms with Crippen LogP contribution in [0.3, 0.4) is 0 Å². The maximum absolute atomic E-state index is 12.9. The van der Waals surface area contributed by atoms with Crippen molar-refractivity contribution < 1.29 is 17.1 Å². The first-order valence-corrected chi connectivity index (χ1v) is 6.21. The predicted molar refractivity (Wildman–Crippen MR) is 75.0 cm³/mol. The minimum Gasteiger partial charge on any atom is -0.303 e. The van der Waals surface area contributed by atoms with Gasteiger partial charge >= 0.3 is 0 Å². The van der Waals surface area contributed by atoms with Crippen molar-refractivity contribution in [2.45, 2.75) is 33.0 Å². The Hall–Kier alpha value is -1.15. The number of piperidine rings is 1. The SMILES string of the molecule is [2H]c1c([2H])c(C([2H])([2H])[2H])c([2H])c([2H])c1C(=O)C(C)C([2H])([2H])N1CCCCC1. The van der Waals surface area contributed by atoms with Crippen molar-refractivity contribution in [3.63, 3.8) is 0 Å². The van der Waals surface area contributed by atoms with Crippen LogP contribution < -0.4 is 0 Å². The van der Waals surface area contributed by atoms with Gasteiger partial charge in [-0.1, -0.05) is 43.1 Å². The van der Waals surface area contributed by atoms with Gasteiger partial charge in [0.2, 0.25) is 0 Å². The summed E-state index contributed by atoms with van der Waals surface area (Å²) in [5.74, 6) is -2.10. The number of nitrogens with zero attached hydrogens (tertiary/aromatic N) is 1. The summed E-state index contributed by atoms with van der Waals surface area (Å²) in [7, 11) is 0. The van der Waals surface area contributed by atoms with Gasteiger partial charge in [0.15, 0.2) is 5.78 Å². The minimum absolute atomic E-state index is 0.497. The maximum atomic E-state index is 12.9. The Balaban J connectivity index is 2.50. The quantitative estimate of drug-likeness (QED) is 0.768. The summed E-state index contributed by atoms with van der Waals surface area (Å²) in [6, 6.07) is -3.06. The van der Waals surface area contributed by atoms with Crippen molar-refractivity contribution in [1.29, 1.82) is 0 Å². The maximum Gasteiger partial charge on any atom is 0.166 e. The summed E-state index contributed by atoms with van der Waals surface area (Å²) in [6.07, 6.45) is 2.62. The van der Waals surface area contributed by atoms with Crippen molar-refractivity contribution in [1.82, 2.24) is 4.90 Å². The summed E-state index contributed by atoms with van der Waals surface area (Å²) in [5, 5.41) is 0. The van der Waals surface area contributed by atoms with Gasteiger partial charge in [-0.3, -0.25) is 4.79 Å². The van der Waals surface area contributed by atoms with Gasteiger partial charge in [0.05, 0.1) is 5.48 Å². The monoisotopic (exact) mass is 254 g/mol. The zero-order valence-corrected chi connectivity index (χ0v) is 10.5. The van der Waals surface area contributed by atoms with E-state index in [2.05, 4.69) is 0 Å². The molecule has 1 atom stereocenters. The van der Waals surface area contributed by atoms with Crippen molar-refractivity contribution in [3.05, 3.63) is 35.3 Å². The highest BCUT2D eigenvalue weighted by Crippen LogP contribution is 2.15. The van der Waals surface area contributed by atoms with E-state index in [4.69, 9.17) is 12.3 Å². The van der Waals surface area contributed by atoms with E-state index in [1.165, 1.54) is 6.92 Å². The van der Waals surface area contributed by atoms with E-state index in [0.717, 1.165) is 19.3 Å². The molecule has 1 aromatic carbocycles. The van der Waals surface area contributed by atoms with Crippen LogP contribution in [0.5, 0.6) is 0 Å². The van der Waals surface area contributed by atoms with Crippen LogP contribution in [-0.4, -0.2) is 30.3 Å². The molecule has 0 bridgehead atoms. The van der Waals surface area contributed by atoms with Crippen molar-refractivity contribution in [2.24, 2.45) is 5.92 Å². The molecule has 1 aromatic rings. The third kappa shape index (κ3) is 3.42. The van der Waals surface area contributed by atoms with E-state index in [0.29, 0.717) is 13.1 Å². The number of hydrogen-bond donors (Lipinski definition) is 0. The van der Waals surface area contributed by atoms with Gasteiger partial charge in [0, 0.05) is 24.8 Å². The number of carbonyl (C=O) groups excluding carboxylic acids is 1. The fourth-order valence-electron chi connectivity index (χ4n) is 2.01. The molecule has 2 rings (SSSR count). The fourth-order valence-corrected chi connectivity index (χ4v) is 2.01. The highest BCUT2D eigenvalue weighted by Gasteiger charge is 2.19. The average molecular weight is 254 g/mol. The number of Topliss-reactive ketones (excluding diaryl/α,β-unsaturated/α-hetero) is 1. The highest BCUT2D eigenvalue weighted by atomic mass is 16.1. The number of rotatable bonds is 4. The second kappa shape index (κ2) is 6.14. The normalized spacial score (nSPS) is 27.3. The van der Waals surface area contributed by atoms with Crippen LogP contribution >= 0.6 is 0 Å². The van der Waals surface area contributed by atoms with Crippen LogP contribution in [-0.2, 0) is 0 Å². The first kappa shape index (κ1) is 5.87. The lowest BCUT2D eigenvalue weighted by Gasteiger charge is -2.28. The van der Waals surface area contributed by atoms with Gasteiger partial charge < -0.3 is 4.90 Å². The molecule has 0 aliphatic carbocycles. The van der Waals surface area contributed by atoms with Crippen LogP contribution in [0.15, 0.2) is 24.2 Å². The lowest BCUT2D eigenvalue weighted by Crippen LogP contribution is -2.35. The summed E-state index contributed by atoms with van der Waals surface area (Å²) < 4.78 is 70.9. The second-order valence-electron chi connectivity index (χ2n) is 4.51. The molecule has 1 aliphatic rings. The fraction of sp³-hybridized carbons (Fsp3) is 0.562. The number of likely N-dealkylation sites (tertiary alicyclic amines) is 1. The van der Waals surface area contributed by atoms with Crippen LogP contribution in [0.2, 0.25) is 0 Å². The molecular formula is C16H23NO. The van der Waals surface area contributed by atoms with Gasteiger partial charge in [-0.25, -0.2) is 0 Å². The van der Waals surface area contributed by atoms with Gasteiger partial charge in [-0.05, 0) is 32.8 Å². The lowest BCUT2D eigenvalue weighted by atomic mass is 9.97. The van der Waals surface area contributed by atoms with Crippen molar-refractivity contribution in [2.75, 3.05) is 19.6 Å². The molecule has 1 unspecified atom stereocenters. The molecule has 0 saturated carbocycles. The van der Waals surface area contributed by atoms with Gasteiger partial charge in [-0.2, -0.15) is 0 Å². The molecule has 0 spiro atoms. The van der Waals surface area contributed by atoms with Crippen molar-refractivity contribution in [3.8, 4) is 0 Å². The lowest BCUT2D eigenvalue weighted by molar-refractivity contribution is 0.0883. The van der Waals surface area contributed by atoms with E-state index in [1.54, 1.807) is 4.90 Å².